The predicted molar refractivity (Wildman–Crippen MR) is 74.0 cm³/mol. The molecule has 2 aromatic rings. The molecule has 0 spiro atoms. The fraction of sp³-hybridized carbons (Fsp3) is 0.0714. The van der Waals surface area contributed by atoms with Crippen LogP contribution in [0.5, 0.6) is 11.5 Å². The van der Waals surface area contributed by atoms with Gasteiger partial charge in [0, 0.05) is 6.07 Å². The van der Waals surface area contributed by atoms with Gasteiger partial charge < -0.3 is 14.6 Å². The minimum Gasteiger partial charge on any atom is -0.545 e. The van der Waals surface area contributed by atoms with Crippen molar-refractivity contribution in [2.24, 2.45) is 0 Å². The van der Waals surface area contributed by atoms with E-state index in [4.69, 9.17) is 16.3 Å². The summed E-state index contributed by atoms with van der Waals surface area (Å²) in [7, 11) is 0. The molecule has 0 aliphatic heterocycles. The summed E-state index contributed by atoms with van der Waals surface area (Å²) >= 11 is 5.71. The number of hydrogen-bond acceptors (Lipinski definition) is 5. The van der Waals surface area contributed by atoms with Crippen LogP contribution in [0.4, 0.5) is 18.9 Å². The quantitative estimate of drug-likeness (QED) is 0.433. The number of hydrogen-bond donors (Lipinski definition) is 0. The van der Waals surface area contributed by atoms with Gasteiger partial charge in [0.2, 0.25) is 0 Å². The van der Waals surface area contributed by atoms with E-state index in [-0.39, 0.29) is 46.1 Å². The van der Waals surface area contributed by atoms with Crippen LogP contribution in [0.3, 0.4) is 0 Å². The molecule has 0 bridgehead atoms. The summed E-state index contributed by atoms with van der Waals surface area (Å²) in [5.41, 5.74) is -2.43. The number of ether oxygens (including phenoxy) is 1. The first-order valence-electron chi connectivity index (χ1n) is 6.14. The molecule has 126 valence electrons. The molecular formula is C14H6ClF3NNaO5. The van der Waals surface area contributed by atoms with E-state index in [2.05, 4.69) is 0 Å². The van der Waals surface area contributed by atoms with E-state index in [1.165, 1.54) is 0 Å². The zero-order valence-electron chi connectivity index (χ0n) is 12.5. The number of carboxylic acids is 1. The maximum atomic E-state index is 12.6. The van der Waals surface area contributed by atoms with Crippen LogP contribution in [-0.2, 0) is 6.18 Å². The van der Waals surface area contributed by atoms with E-state index in [9.17, 15) is 33.2 Å². The number of benzene rings is 2. The van der Waals surface area contributed by atoms with Crippen molar-refractivity contribution in [3.05, 3.63) is 62.7 Å². The fourth-order valence-electron chi connectivity index (χ4n) is 1.79. The van der Waals surface area contributed by atoms with Crippen LogP contribution < -0.4 is 39.4 Å². The molecule has 0 amide bonds. The molecule has 0 saturated heterocycles. The maximum Gasteiger partial charge on any atom is 1.00 e. The Morgan fingerprint density at radius 2 is 1.80 bits per heavy atom. The number of carbonyl (C=O) groups is 1. The van der Waals surface area contributed by atoms with Gasteiger partial charge in [0.25, 0.3) is 5.69 Å². The molecule has 0 heterocycles. The normalized spacial score (nSPS) is 10.7. The molecule has 2 rings (SSSR count). The summed E-state index contributed by atoms with van der Waals surface area (Å²) < 4.78 is 42.8. The fourth-order valence-corrected chi connectivity index (χ4v) is 2.01. The summed E-state index contributed by atoms with van der Waals surface area (Å²) in [6, 6.07) is 5.10. The molecule has 0 aromatic heterocycles. The van der Waals surface area contributed by atoms with Crippen molar-refractivity contribution in [2.75, 3.05) is 0 Å². The second-order valence-electron chi connectivity index (χ2n) is 4.47. The summed E-state index contributed by atoms with van der Waals surface area (Å²) in [5.74, 6) is -2.14. The SMILES string of the molecule is O=C([O-])c1cc(Oc2ccc(C(F)(F)F)cc2Cl)ccc1[N+](=O)[O-].[Na+]. The zero-order chi connectivity index (χ0) is 18.1. The van der Waals surface area contributed by atoms with Crippen LogP contribution in [0.15, 0.2) is 36.4 Å². The minimum atomic E-state index is -4.59. The molecule has 0 unspecified atom stereocenters. The van der Waals surface area contributed by atoms with Crippen molar-refractivity contribution in [3.8, 4) is 11.5 Å². The second kappa shape index (κ2) is 8.05. The van der Waals surface area contributed by atoms with Gasteiger partial charge in [0.15, 0.2) is 0 Å². The van der Waals surface area contributed by atoms with Gasteiger partial charge >= 0.3 is 35.7 Å². The molecule has 0 N–H and O–H groups in total. The van der Waals surface area contributed by atoms with Crippen LogP contribution in [0.25, 0.3) is 0 Å². The van der Waals surface area contributed by atoms with Gasteiger partial charge in [0.05, 0.1) is 27.0 Å². The van der Waals surface area contributed by atoms with E-state index in [1.54, 1.807) is 0 Å². The van der Waals surface area contributed by atoms with Crippen molar-refractivity contribution < 1.29 is 62.3 Å². The Morgan fingerprint density at radius 1 is 1.16 bits per heavy atom. The first-order valence-corrected chi connectivity index (χ1v) is 6.52. The molecule has 25 heavy (non-hydrogen) atoms. The molecule has 0 saturated carbocycles. The average molecular weight is 384 g/mol. The Balaban J connectivity index is 0.00000312. The van der Waals surface area contributed by atoms with E-state index in [0.29, 0.717) is 6.07 Å². The summed E-state index contributed by atoms with van der Waals surface area (Å²) in [6.45, 7) is 0. The van der Waals surface area contributed by atoms with Crippen LogP contribution in [0.2, 0.25) is 5.02 Å². The topological polar surface area (TPSA) is 92.5 Å². The largest absolute Gasteiger partial charge is 1.00 e. The molecular weight excluding hydrogens is 378 g/mol. The molecule has 0 aliphatic rings. The Bertz CT molecular complexity index is 829. The third kappa shape index (κ3) is 5.08. The summed E-state index contributed by atoms with van der Waals surface area (Å²) in [4.78, 5) is 20.7. The summed E-state index contributed by atoms with van der Waals surface area (Å²) in [5, 5.41) is 21.3. The molecule has 0 radical (unpaired) electrons. The van der Waals surface area contributed by atoms with Crippen molar-refractivity contribution in [3.63, 3.8) is 0 Å². The smallest absolute Gasteiger partial charge is 0.545 e. The van der Waals surface area contributed by atoms with Crippen LogP contribution >= 0.6 is 11.6 Å². The second-order valence-corrected chi connectivity index (χ2v) is 4.88. The van der Waals surface area contributed by atoms with Gasteiger partial charge in [-0.05, 0) is 30.3 Å². The minimum absolute atomic E-state index is 0. The molecule has 11 heteroatoms. The standard InChI is InChI=1S/C14H7ClF3NO5.Na/c15-10-5-7(14(16,17)18)1-4-12(10)24-8-2-3-11(19(22)23)9(6-8)13(20)21;/h1-6H,(H,20,21);/q;+1/p-1. The molecule has 0 aliphatic carbocycles. The van der Waals surface area contributed by atoms with Crippen LogP contribution in [0, 0.1) is 10.1 Å². The number of nitrogens with zero attached hydrogens (tertiary/aromatic N) is 1. The van der Waals surface area contributed by atoms with Gasteiger partial charge in [-0.15, -0.1) is 0 Å². The van der Waals surface area contributed by atoms with Gasteiger partial charge in [-0.25, -0.2) is 0 Å². The van der Waals surface area contributed by atoms with Crippen LogP contribution in [-0.4, -0.2) is 10.9 Å². The van der Waals surface area contributed by atoms with E-state index < -0.39 is 33.9 Å². The molecule has 2 aromatic carbocycles. The zero-order valence-corrected chi connectivity index (χ0v) is 15.2. The van der Waals surface area contributed by atoms with Crippen molar-refractivity contribution in [1.29, 1.82) is 0 Å². The average Bonchev–Trinajstić information content (AvgIpc) is 2.47. The Labute approximate surface area is 165 Å². The number of carbonyl (C=O) groups excluding carboxylic acids is 1. The summed E-state index contributed by atoms with van der Waals surface area (Å²) in [6.07, 6.45) is -4.59. The number of nitro groups is 1. The third-order valence-electron chi connectivity index (χ3n) is 2.87. The van der Waals surface area contributed by atoms with E-state index >= 15 is 0 Å². The van der Waals surface area contributed by atoms with Crippen LogP contribution in [0.1, 0.15) is 15.9 Å². The Morgan fingerprint density at radius 3 is 2.28 bits per heavy atom. The molecule has 6 nitrogen and oxygen atoms in total. The first kappa shape index (κ1) is 21.2. The van der Waals surface area contributed by atoms with Gasteiger partial charge in [0.1, 0.15) is 11.5 Å². The monoisotopic (exact) mass is 383 g/mol. The number of carboxylic acid groups (broad SMARTS) is 1. The molecule has 0 atom stereocenters. The third-order valence-corrected chi connectivity index (χ3v) is 3.17. The van der Waals surface area contributed by atoms with Crippen molar-refractivity contribution in [1.82, 2.24) is 0 Å². The number of alkyl halides is 3. The number of halogens is 4. The van der Waals surface area contributed by atoms with E-state index in [1.807, 2.05) is 0 Å². The van der Waals surface area contributed by atoms with Gasteiger partial charge in [-0.2, -0.15) is 13.2 Å². The number of aromatic carboxylic acids is 1. The number of rotatable bonds is 4. The van der Waals surface area contributed by atoms with Gasteiger partial charge in [-0.3, -0.25) is 10.1 Å². The van der Waals surface area contributed by atoms with Crippen molar-refractivity contribution >= 4 is 23.3 Å². The molecule has 0 fully saturated rings. The van der Waals surface area contributed by atoms with E-state index in [0.717, 1.165) is 30.3 Å². The first-order chi connectivity index (χ1) is 11.1. The maximum absolute atomic E-state index is 12.6. The number of nitro benzene ring substituents is 1. The van der Waals surface area contributed by atoms with Gasteiger partial charge in [-0.1, -0.05) is 11.6 Å². The Hall–Kier alpha value is -1.81. The predicted octanol–water partition coefficient (Wildman–Crippen LogP) is 0.427. The Kier molecular flexibility index (Phi) is 6.83. The van der Waals surface area contributed by atoms with Crippen molar-refractivity contribution in [2.45, 2.75) is 6.18 Å².